The van der Waals surface area contributed by atoms with Crippen LogP contribution in [0.2, 0.25) is 0 Å². The van der Waals surface area contributed by atoms with Gasteiger partial charge in [0.05, 0.1) is 20.1 Å². The van der Waals surface area contributed by atoms with Crippen molar-refractivity contribution in [1.29, 1.82) is 0 Å². The number of piperidine rings is 1. The van der Waals surface area contributed by atoms with E-state index in [0.29, 0.717) is 24.4 Å². The van der Waals surface area contributed by atoms with Gasteiger partial charge in [0.15, 0.2) is 0 Å². The molecule has 2 heterocycles. The zero-order chi connectivity index (χ0) is 18.0. The summed E-state index contributed by atoms with van der Waals surface area (Å²) in [5.74, 6) is -0.0868. The number of fused-ring (bicyclic) bond motifs is 1. The molecule has 1 atom stereocenters. The van der Waals surface area contributed by atoms with Crippen LogP contribution in [0, 0.1) is 6.92 Å². The van der Waals surface area contributed by atoms with Crippen LogP contribution in [0.3, 0.4) is 0 Å². The second-order valence-corrected chi connectivity index (χ2v) is 9.52. The number of amides is 1. The van der Waals surface area contributed by atoms with Crippen LogP contribution in [-0.4, -0.2) is 42.7 Å². The highest BCUT2D eigenvalue weighted by molar-refractivity contribution is 7.89. The molecule has 1 fully saturated rings. The summed E-state index contributed by atoms with van der Waals surface area (Å²) in [5.41, 5.74) is 0.835. The molecule has 2 aromatic rings. The van der Waals surface area contributed by atoms with Gasteiger partial charge in [0.1, 0.15) is 0 Å². The van der Waals surface area contributed by atoms with E-state index in [4.69, 9.17) is 0 Å². The van der Waals surface area contributed by atoms with E-state index in [-0.39, 0.29) is 11.9 Å². The number of carbonyl (C=O) groups is 1. The van der Waals surface area contributed by atoms with Crippen LogP contribution in [0.5, 0.6) is 0 Å². The number of sulfonamides is 1. The van der Waals surface area contributed by atoms with Gasteiger partial charge in [-0.25, -0.2) is 13.4 Å². The molecule has 1 aromatic heterocycles. The van der Waals surface area contributed by atoms with Crippen LogP contribution >= 0.6 is 11.3 Å². The second kappa shape index (κ2) is 7.39. The molecule has 0 unspecified atom stereocenters. The molecule has 1 aliphatic heterocycles. The minimum atomic E-state index is -3.54. The summed E-state index contributed by atoms with van der Waals surface area (Å²) in [6.07, 6.45) is 3.36. The summed E-state index contributed by atoms with van der Waals surface area (Å²) in [6.45, 7) is 4.43. The molecule has 0 saturated carbocycles. The number of thiazole rings is 1. The lowest BCUT2D eigenvalue weighted by Gasteiger charge is -2.34. The molecule has 0 aliphatic carbocycles. The maximum absolute atomic E-state index is 13.2. The molecule has 3 rings (SSSR count). The van der Waals surface area contributed by atoms with Gasteiger partial charge in [0.25, 0.3) is 0 Å². The molecule has 25 heavy (non-hydrogen) atoms. The first-order valence-electron chi connectivity index (χ1n) is 8.51. The quantitative estimate of drug-likeness (QED) is 0.864. The van der Waals surface area contributed by atoms with E-state index >= 15 is 0 Å². The number of benzene rings is 1. The maximum atomic E-state index is 13.2. The Morgan fingerprint density at radius 2 is 2.20 bits per heavy atom. The molecular weight excluding hydrogens is 358 g/mol. The van der Waals surface area contributed by atoms with Crippen molar-refractivity contribution in [2.24, 2.45) is 0 Å². The minimum Gasteiger partial charge on any atom is -0.356 e. The van der Waals surface area contributed by atoms with E-state index in [9.17, 15) is 13.2 Å². The Morgan fingerprint density at radius 1 is 1.40 bits per heavy atom. The number of aromatic nitrogens is 1. The summed E-state index contributed by atoms with van der Waals surface area (Å²) in [4.78, 5) is 15.8. The molecule has 0 spiro atoms. The molecule has 0 bridgehead atoms. The van der Waals surface area contributed by atoms with Crippen molar-refractivity contribution >= 4 is 37.5 Å². The van der Waals surface area contributed by atoms with Crippen molar-refractivity contribution in [1.82, 2.24) is 14.6 Å². The van der Waals surface area contributed by atoms with E-state index < -0.39 is 10.0 Å². The fourth-order valence-corrected chi connectivity index (χ4v) is 6.00. The van der Waals surface area contributed by atoms with Crippen molar-refractivity contribution in [3.8, 4) is 0 Å². The topological polar surface area (TPSA) is 79.4 Å². The van der Waals surface area contributed by atoms with Crippen LogP contribution in [0.15, 0.2) is 23.1 Å². The molecule has 8 heteroatoms. The maximum Gasteiger partial charge on any atom is 0.243 e. The van der Waals surface area contributed by atoms with E-state index in [1.54, 1.807) is 22.5 Å². The number of nitrogens with zero attached hydrogens (tertiary/aromatic N) is 2. The second-order valence-electron chi connectivity index (χ2n) is 6.40. The third-order valence-electron chi connectivity index (χ3n) is 4.50. The van der Waals surface area contributed by atoms with Gasteiger partial charge in [-0.05, 0) is 44.4 Å². The first kappa shape index (κ1) is 18.3. The van der Waals surface area contributed by atoms with Gasteiger partial charge in [0.2, 0.25) is 15.9 Å². The summed E-state index contributed by atoms with van der Waals surface area (Å²) >= 11 is 1.51. The Bertz CT molecular complexity index is 876. The zero-order valence-corrected chi connectivity index (χ0v) is 16.1. The SMILES string of the molecule is CC(=O)NCC[C@@H]1CCCCN1S(=O)(=O)c1ccc2nc(C)sc2c1. The first-order chi connectivity index (χ1) is 11.9. The molecule has 6 nitrogen and oxygen atoms in total. The summed E-state index contributed by atoms with van der Waals surface area (Å²) in [6, 6.07) is 5.09. The highest BCUT2D eigenvalue weighted by Gasteiger charge is 2.33. The average Bonchev–Trinajstić information content (AvgIpc) is 2.94. The van der Waals surface area contributed by atoms with Crippen LogP contribution in [0.1, 0.15) is 37.6 Å². The smallest absolute Gasteiger partial charge is 0.243 e. The van der Waals surface area contributed by atoms with Crippen LogP contribution in [-0.2, 0) is 14.8 Å². The summed E-state index contributed by atoms with van der Waals surface area (Å²) in [5, 5.41) is 3.69. The third-order valence-corrected chi connectivity index (χ3v) is 7.38. The third kappa shape index (κ3) is 4.02. The Balaban J connectivity index is 1.85. The lowest BCUT2D eigenvalue weighted by molar-refractivity contribution is -0.119. The van der Waals surface area contributed by atoms with Crippen LogP contribution in [0.25, 0.3) is 10.2 Å². The predicted octanol–water partition coefficient (Wildman–Crippen LogP) is 2.67. The molecule has 0 radical (unpaired) electrons. The predicted molar refractivity (Wildman–Crippen MR) is 99.2 cm³/mol. The van der Waals surface area contributed by atoms with Gasteiger partial charge in [-0.3, -0.25) is 4.79 Å². The van der Waals surface area contributed by atoms with E-state index in [2.05, 4.69) is 10.3 Å². The molecule has 1 aromatic carbocycles. The van der Waals surface area contributed by atoms with E-state index in [1.165, 1.54) is 18.3 Å². The Hall–Kier alpha value is -1.51. The number of hydrogen-bond acceptors (Lipinski definition) is 5. The molecule has 1 N–H and O–H groups in total. The van der Waals surface area contributed by atoms with Gasteiger partial charge in [-0.1, -0.05) is 6.42 Å². The van der Waals surface area contributed by atoms with Gasteiger partial charge in [-0.2, -0.15) is 4.31 Å². The van der Waals surface area contributed by atoms with Gasteiger partial charge < -0.3 is 5.32 Å². The largest absolute Gasteiger partial charge is 0.356 e. The van der Waals surface area contributed by atoms with E-state index in [0.717, 1.165) is 34.5 Å². The van der Waals surface area contributed by atoms with Crippen molar-refractivity contribution < 1.29 is 13.2 Å². The monoisotopic (exact) mass is 381 g/mol. The molecule has 1 saturated heterocycles. The number of rotatable bonds is 5. The fourth-order valence-electron chi connectivity index (χ4n) is 3.31. The number of carbonyl (C=O) groups excluding carboxylic acids is 1. The molecule has 136 valence electrons. The van der Waals surface area contributed by atoms with Gasteiger partial charge in [-0.15, -0.1) is 11.3 Å². The number of nitrogens with one attached hydrogen (secondary N) is 1. The normalized spacial score (nSPS) is 19.2. The fraction of sp³-hybridized carbons (Fsp3) is 0.529. The van der Waals surface area contributed by atoms with Crippen LogP contribution in [0.4, 0.5) is 0 Å². The average molecular weight is 382 g/mol. The van der Waals surface area contributed by atoms with Crippen molar-refractivity contribution in [3.63, 3.8) is 0 Å². The minimum absolute atomic E-state index is 0.0653. The highest BCUT2D eigenvalue weighted by atomic mass is 32.2. The lowest BCUT2D eigenvalue weighted by atomic mass is 10.0. The summed E-state index contributed by atoms with van der Waals surface area (Å²) < 4.78 is 28.8. The Kier molecular flexibility index (Phi) is 5.41. The highest BCUT2D eigenvalue weighted by Crippen LogP contribution is 2.30. The van der Waals surface area contributed by atoms with Crippen LogP contribution < -0.4 is 5.32 Å². The lowest BCUT2D eigenvalue weighted by Crippen LogP contribution is -2.45. The van der Waals surface area contributed by atoms with Crippen molar-refractivity contribution in [2.75, 3.05) is 13.1 Å². The Morgan fingerprint density at radius 3 is 2.96 bits per heavy atom. The number of hydrogen-bond donors (Lipinski definition) is 1. The standard InChI is InChI=1S/C17H23N3O3S2/c1-12(21)18-9-8-14-5-3-4-10-20(14)25(22,23)15-6-7-16-17(11-15)24-13(2)19-16/h6-7,11,14H,3-5,8-10H2,1-2H3,(H,18,21)/t14-/m0/s1. The van der Waals surface area contributed by atoms with Gasteiger partial charge >= 0.3 is 0 Å². The van der Waals surface area contributed by atoms with Gasteiger partial charge in [0, 0.05) is 26.1 Å². The zero-order valence-electron chi connectivity index (χ0n) is 14.5. The Labute approximate surface area is 152 Å². The molecule has 1 aliphatic rings. The molecule has 1 amide bonds. The first-order valence-corrected chi connectivity index (χ1v) is 10.8. The molecular formula is C17H23N3O3S2. The van der Waals surface area contributed by atoms with Crippen molar-refractivity contribution in [3.05, 3.63) is 23.2 Å². The number of aryl methyl sites for hydroxylation is 1. The summed E-state index contributed by atoms with van der Waals surface area (Å²) in [7, 11) is -3.54. The van der Waals surface area contributed by atoms with E-state index in [1.807, 2.05) is 6.92 Å². The van der Waals surface area contributed by atoms with Crippen molar-refractivity contribution in [2.45, 2.75) is 50.5 Å².